The van der Waals surface area contributed by atoms with Gasteiger partial charge in [-0.25, -0.2) is 4.79 Å². The molecular weight excluding hydrogens is 424 g/mol. The monoisotopic (exact) mass is 454 g/mol. The van der Waals surface area contributed by atoms with Crippen LogP contribution in [0.3, 0.4) is 0 Å². The van der Waals surface area contributed by atoms with E-state index in [9.17, 15) is 19.8 Å². The second-order valence-corrected chi connectivity index (χ2v) is 10.3. The number of nitrogens with zero attached hydrogens (tertiary/aromatic N) is 1. The second kappa shape index (κ2) is 7.21. The van der Waals surface area contributed by atoms with Gasteiger partial charge in [0.2, 0.25) is 5.91 Å². The number of nitrogens with one attached hydrogen (secondary N) is 1. The van der Waals surface area contributed by atoms with E-state index in [1.54, 1.807) is 6.07 Å². The van der Waals surface area contributed by atoms with Crippen molar-refractivity contribution in [1.29, 1.82) is 0 Å². The maximum atomic E-state index is 12.6. The SMILES string of the molecule is COC(=O)/C=C/C(=O)N[C@@H]1CC[C@]2(O)[C@H]3Cc4ccc(O)c5c4[C@@]2(CCN3CC2CC2)[C@H]1O5. The number of carbonyl (C=O) groups excluding carboxylic acids is 2. The molecule has 0 unspecified atom stereocenters. The summed E-state index contributed by atoms with van der Waals surface area (Å²) in [7, 11) is 1.26. The van der Waals surface area contributed by atoms with Crippen molar-refractivity contribution in [3.05, 3.63) is 35.4 Å². The van der Waals surface area contributed by atoms with Crippen molar-refractivity contribution >= 4 is 11.9 Å². The van der Waals surface area contributed by atoms with E-state index in [1.165, 1.54) is 20.0 Å². The fourth-order valence-electron chi connectivity index (χ4n) is 7.07. The maximum Gasteiger partial charge on any atom is 0.330 e. The molecule has 6 rings (SSSR count). The number of rotatable bonds is 5. The topological polar surface area (TPSA) is 108 Å². The fraction of sp³-hybridized carbons (Fsp3) is 0.600. The van der Waals surface area contributed by atoms with Gasteiger partial charge in [0.05, 0.1) is 24.2 Å². The molecule has 1 aromatic carbocycles. The molecule has 3 N–H and O–H groups in total. The summed E-state index contributed by atoms with van der Waals surface area (Å²) in [6.07, 6.45) is 6.84. The van der Waals surface area contributed by atoms with Gasteiger partial charge < -0.3 is 25.0 Å². The zero-order chi connectivity index (χ0) is 23.0. The average Bonchev–Trinajstić information content (AvgIpc) is 3.54. The third kappa shape index (κ3) is 2.89. The Morgan fingerprint density at radius 3 is 2.85 bits per heavy atom. The van der Waals surface area contributed by atoms with Crippen molar-refractivity contribution < 1.29 is 29.3 Å². The molecule has 2 bridgehead atoms. The zero-order valence-electron chi connectivity index (χ0n) is 18.8. The van der Waals surface area contributed by atoms with Gasteiger partial charge in [0, 0.05) is 30.3 Å². The number of methoxy groups -OCH3 is 1. The van der Waals surface area contributed by atoms with Crippen LogP contribution in [0.5, 0.6) is 11.5 Å². The number of carbonyl (C=O) groups is 2. The van der Waals surface area contributed by atoms with Gasteiger partial charge in [-0.1, -0.05) is 6.07 Å². The van der Waals surface area contributed by atoms with Gasteiger partial charge in [0.1, 0.15) is 6.10 Å². The van der Waals surface area contributed by atoms with Crippen molar-refractivity contribution in [1.82, 2.24) is 10.2 Å². The second-order valence-electron chi connectivity index (χ2n) is 10.3. The van der Waals surface area contributed by atoms with Gasteiger partial charge in [-0.15, -0.1) is 0 Å². The summed E-state index contributed by atoms with van der Waals surface area (Å²) in [6, 6.07) is 3.29. The van der Waals surface area contributed by atoms with Crippen LogP contribution in [0.15, 0.2) is 24.3 Å². The van der Waals surface area contributed by atoms with E-state index in [2.05, 4.69) is 15.0 Å². The molecule has 3 fully saturated rings. The summed E-state index contributed by atoms with van der Waals surface area (Å²) in [5, 5.41) is 26.0. The third-order valence-electron chi connectivity index (χ3n) is 8.66. The lowest BCUT2D eigenvalue weighted by atomic mass is 9.48. The van der Waals surface area contributed by atoms with E-state index < -0.39 is 29.0 Å². The Kier molecular flexibility index (Phi) is 4.58. The highest BCUT2D eigenvalue weighted by Gasteiger charge is 2.73. The lowest BCUT2D eigenvalue weighted by Gasteiger charge is -2.64. The largest absolute Gasteiger partial charge is 0.504 e. The molecule has 1 saturated heterocycles. The normalized spacial score (nSPS) is 36.2. The molecule has 8 nitrogen and oxygen atoms in total. The molecule has 1 spiro atoms. The van der Waals surface area contributed by atoms with E-state index in [1.807, 2.05) is 6.07 Å². The van der Waals surface area contributed by atoms with Crippen LogP contribution in [-0.4, -0.2) is 71.0 Å². The van der Waals surface area contributed by atoms with Crippen molar-refractivity contribution in [3.8, 4) is 11.5 Å². The minimum absolute atomic E-state index is 0.00295. The number of aliphatic hydroxyl groups is 1. The molecular formula is C25H30N2O6. The molecule has 3 aliphatic carbocycles. The molecule has 0 aromatic heterocycles. The molecule has 5 atom stereocenters. The Labute approximate surface area is 192 Å². The first-order chi connectivity index (χ1) is 15.9. The smallest absolute Gasteiger partial charge is 0.330 e. The average molecular weight is 455 g/mol. The van der Waals surface area contributed by atoms with Crippen LogP contribution in [0.2, 0.25) is 0 Å². The summed E-state index contributed by atoms with van der Waals surface area (Å²) in [4.78, 5) is 26.4. The number of hydrogen-bond donors (Lipinski definition) is 3. The Morgan fingerprint density at radius 1 is 1.27 bits per heavy atom. The number of aromatic hydroxyl groups is 1. The minimum Gasteiger partial charge on any atom is -0.504 e. The number of phenolic OH excluding ortho intramolecular Hbond substituents is 1. The Morgan fingerprint density at radius 2 is 2.09 bits per heavy atom. The van der Waals surface area contributed by atoms with Crippen molar-refractivity contribution in [3.63, 3.8) is 0 Å². The number of piperidine rings is 1. The molecule has 2 heterocycles. The maximum absolute atomic E-state index is 12.6. The molecule has 8 heteroatoms. The highest BCUT2D eigenvalue weighted by atomic mass is 16.5. The molecule has 1 amide bonds. The van der Waals surface area contributed by atoms with E-state index in [0.717, 1.165) is 48.7 Å². The number of amides is 1. The van der Waals surface area contributed by atoms with E-state index >= 15 is 0 Å². The van der Waals surface area contributed by atoms with Crippen LogP contribution in [0.4, 0.5) is 0 Å². The molecule has 5 aliphatic rings. The number of hydrogen-bond acceptors (Lipinski definition) is 7. The molecule has 0 radical (unpaired) electrons. The number of phenols is 1. The molecule has 2 aliphatic heterocycles. The van der Waals surface area contributed by atoms with Crippen molar-refractivity contribution in [2.45, 2.75) is 67.7 Å². The van der Waals surface area contributed by atoms with E-state index in [0.29, 0.717) is 25.0 Å². The lowest BCUT2D eigenvalue weighted by molar-refractivity contribution is -0.192. The number of ether oxygens (including phenoxy) is 2. The number of likely N-dealkylation sites (tertiary alicyclic amines) is 1. The van der Waals surface area contributed by atoms with Gasteiger partial charge in [-0.3, -0.25) is 9.69 Å². The Hall–Kier alpha value is -2.58. The van der Waals surface area contributed by atoms with Crippen LogP contribution in [-0.2, 0) is 26.2 Å². The number of esters is 1. The first-order valence-electron chi connectivity index (χ1n) is 11.9. The Balaban J connectivity index is 1.38. The van der Waals surface area contributed by atoms with Crippen LogP contribution < -0.4 is 10.1 Å². The highest BCUT2D eigenvalue weighted by Crippen LogP contribution is 2.65. The first-order valence-corrected chi connectivity index (χ1v) is 11.9. The summed E-state index contributed by atoms with van der Waals surface area (Å²) >= 11 is 0. The molecule has 1 aromatic rings. The van der Waals surface area contributed by atoms with Gasteiger partial charge in [-0.2, -0.15) is 0 Å². The third-order valence-corrected chi connectivity index (χ3v) is 8.66. The standard InChI is InChI=1S/C25H30N2O6/c1-32-20(30)7-6-19(29)26-16-8-9-25(31)18-12-15-4-5-17(28)22-21(15)24(25,23(16)33-22)10-11-27(18)13-14-2-3-14/h4-7,14,16,18,23,28,31H,2-3,8-13H2,1H3,(H,26,29)/b7-6+/t16-,18-,23+,24+,25+/m1/s1. The fourth-order valence-corrected chi connectivity index (χ4v) is 7.07. The predicted octanol–water partition coefficient (Wildman–Crippen LogP) is 1.17. The van der Waals surface area contributed by atoms with E-state index in [4.69, 9.17) is 4.74 Å². The minimum atomic E-state index is -0.986. The molecule has 176 valence electrons. The van der Waals surface area contributed by atoms with Gasteiger partial charge in [0.25, 0.3) is 0 Å². The quantitative estimate of drug-likeness (QED) is 0.453. The van der Waals surface area contributed by atoms with Crippen LogP contribution in [0.1, 0.15) is 43.2 Å². The van der Waals surface area contributed by atoms with Gasteiger partial charge >= 0.3 is 5.97 Å². The molecule has 2 saturated carbocycles. The number of benzene rings is 1. The van der Waals surface area contributed by atoms with Crippen LogP contribution >= 0.6 is 0 Å². The van der Waals surface area contributed by atoms with Crippen LogP contribution in [0, 0.1) is 5.92 Å². The van der Waals surface area contributed by atoms with Gasteiger partial charge in [-0.05, 0) is 62.6 Å². The zero-order valence-corrected chi connectivity index (χ0v) is 18.8. The molecule has 33 heavy (non-hydrogen) atoms. The van der Waals surface area contributed by atoms with Crippen molar-refractivity contribution in [2.24, 2.45) is 5.92 Å². The highest BCUT2D eigenvalue weighted by molar-refractivity contribution is 5.94. The lowest BCUT2D eigenvalue weighted by Crippen LogP contribution is -2.78. The van der Waals surface area contributed by atoms with Gasteiger partial charge in [0.15, 0.2) is 11.5 Å². The summed E-state index contributed by atoms with van der Waals surface area (Å²) in [5.41, 5.74) is 0.390. The Bertz CT molecular complexity index is 1050. The predicted molar refractivity (Wildman–Crippen MR) is 118 cm³/mol. The van der Waals surface area contributed by atoms with Crippen molar-refractivity contribution in [2.75, 3.05) is 20.2 Å². The summed E-state index contributed by atoms with van der Waals surface area (Å²) in [5.74, 6) is 0.256. The first kappa shape index (κ1) is 21.0. The van der Waals surface area contributed by atoms with E-state index in [-0.39, 0.29) is 17.8 Å². The van der Waals surface area contributed by atoms with Crippen LogP contribution in [0.25, 0.3) is 0 Å². The summed E-state index contributed by atoms with van der Waals surface area (Å²) < 4.78 is 11.0. The summed E-state index contributed by atoms with van der Waals surface area (Å²) in [6.45, 7) is 1.88.